The third-order valence-electron chi connectivity index (χ3n) is 5.74. The maximum absolute atomic E-state index is 13.0. The van der Waals surface area contributed by atoms with E-state index in [0.717, 1.165) is 21.3 Å². The van der Waals surface area contributed by atoms with Gasteiger partial charge < -0.3 is 9.72 Å². The number of hydrogen-bond acceptors (Lipinski definition) is 4. The number of benzene rings is 3. The SMILES string of the molecule is COc1ccc(-c2nn(-c3cccc(Cl)c3)cc2-c2cc(-c3ccc(Br)cc3)[nH]c(=O)c2C#N)cc1. The maximum Gasteiger partial charge on any atom is 0.266 e. The molecule has 0 radical (unpaired) electrons. The van der Waals surface area contributed by atoms with Crippen molar-refractivity contribution in [2.24, 2.45) is 0 Å². The zero-order chi connectivity index (χ0) is 25.2. The second kappa shape index (κ2) is 9.86. The summed E-state index contributed by atoms with van der Waals surface area (Å²) in [6.45, 7) is 0. The fourth-order valence-electron chi connectivity index (χ4n) is 3.95. The molecule has 36 heavy (non-hydrogen) atoms. The van der Waals surface area contributed by atoms with Gasteiger partial charge in [0.05, 0.1) is 12.8 Å². The highest BCUT2D eigenvalue weighted by Gasteiger charge is 2.20. The Morgan fingerprint density at radius 1 is 1.00 bits per heavy atom. The van der Waals surface area contributed by atoms with E-state index in [4.69, 9.17) is 21.4 Å². The molecule has 2 heterocycles. The van der Waals surface area contributed by atoms with Crippen LogP contribution in [-0.4, -0.2) is 21.9 Å². The van der Waals surface area contributed by atoms with Crippen LogP contribution in [0.3, 0.4) is 0 Å². The fraction of sp³-hybridized carbons (Fsp3) is 0.0357. The highest BCUT2D eigenvalue weighted by atomic mass is 79.9. The predicted octanol–water partition coefficient (Wildman–Crippen LogP) is 6.86. The number of halogens is 2. The summed E-state index contributed by atoms with van der Waals surface area (Å²) in [6.07, 6.45) is 1.81. The second-order valence-electron chi connectivity index (χ2n) is 7.96. The van der Waals surface area contributed by atoms with E-state index in [1.807, 2.05) is 72.9 Å². The molecule has 0 aliphatic carbocycles. The van der Waals surface area contributed by atoms with Crippen LogP contribution in [0.5, 0.6) is 5.75 Å². The van der Waals surface area contributed by atoms with E-state index in [-0.39, 0.29) is 5.56 Å². The zero-order valence-electron chi connectivity index (χ0n) is 19.0. The minimum Gasteiger partial charge on any atom is -0.497 e. The summed E-state index contributed by atoms with van der Waals surface area (Å²) in [5.74, 6) is 0.709. The molecule has 5 rings (SSSR count). The van der Waals surface area contributed by atoms with Gasteiger partial charge in [-0.3, -0.25) is 4.79 Å². The zero-order valence-corrected chi connectivity index (χ0v) is 21.3. The first-order valence-electron chi connectivity index (χ1n) is 10.9. The van der Waals surface area contributed by atoms with Crippen molar-refractivity contribution in [2.45, 2.75) is 0 Å². The summed E-state index contributed by atoms with van der Waals surface area (Å²) < 4.78 is 7.92. The molecule has 5 aromatic rings. The summed E-state index contributed by atoms with van der Waals surface area (Å²) in [6, 6.07) is 26.2. The van der Waals surface area contributed by atoms with Crippen LogP contribution in [-0.2, 0) is 0 Å². The highest BCUT2D eigenvalue weighted by molar-refractivity contribution is 9.10. The lowest BCUT2D eigenvalue weighted by Crippen LogP contribution is -2.12. The molecule has 0 fully saturated rings. The van der Waals surface area contributed by atoms with Crippen molar-refractivity contribution in [1.29, 1.82) is 5.26 Å². The molecule has 2 aromatic heterocycles. The van der Waals surface area contributed by atoms with Gasteiger partial charge in [0.15, 0.2) is 0 Å². The molecule has 176 valence electrons. The molecule has 1 N–H and O–H groups in total. The molecule has 0 atom stereocenters. The van der Waals surface area contributed by atoms with Crippen LogP contribution in [0.2, 0.25) is 5.02 Å². The van der Waals surface area contributed by atoms with Gasteiger partial charge in [-0.25, -0.2) is 4.68 Å². The minimum atomic E-state index is -0.468. The molecule has 0 bridgehead atoms. The number of aromatic amines is 1. The van der Waals surface area contributed by atoms with Gasteiger partial charge in [0.25, 0.3) is 5.56 Å². The van der Waals surface area contributed by atoms with Crippen LogP contribution >= 0.6 is 27.5 Å². The van der Waals surface area contributed by atoms with Crippen molar-refractivity contribution in [2.75, 3.05) is 7.11 Å². The third kappa shape index (κ3) is 4.57. The number of hydrogen-bond donors (Lipinski definition) is 1. The number of pyridine rings is 1. The van der Waals surface area contributed by atoms with E-state index >= 15 is 0 Å². The first kappa shape index (κ1) is 23.6. The largest absolute Gasteiger partial charge is 0.497 e. The quantitative estimate of drug-likeness (QED) is 0.256. The lowest BCUT2D eigenvalue weighted by molar-refractivity contribution is 0.415. The Hall–Kier alpha value is -4.12. The Labute approximate surface area is 220 Å². The average molecular weight is 558 g/mol. The Balaban J connectivity index is 1.77. The minimum absolute atomic E-state index is 0.0104. The molecule has 3 aromatic carbocycles. The van der Waals surface area contributed by atoms with Gasteiger partial charge in [0.1, 0.15) is 23.1 Å². The Morgan fingerprint density at radius 3 is 2.39 bits per heavy atom. The molecule has 6 nitrogen and oxygen atoms in total. The monoisotopic (exact) mass is 556 g/mol. The molecule has 0 unspecified atom stereocenters. The number of nitriles is 1. The van der Waals surface area contributed by atoms with Gasteiger partial charge in [0, 0.05) is 38.1 Å². The molecular formula is C28H18BrClN4O2. The van der Waals surface area contributed by atoms with Gasteiger partial charge in [-0.15, -0.1) is 0 Å². The normalized spacial score (nSPS) is 10.7. The first-order chi connectivity index (χ1) is 17.5. The van der Waals surface area contributed by atoms with Crippen LogP contribution < -0.4 is 10.3 Å². The lowest BCUT2D eigenvalue weighted by atomic mass is 9.97. The van der Waals surface area contributed by atoms with Gasteiger partial charge in [-0.1, -0.05) is 45.7 Å². The Kier molecular flexibility index (Phi) is 6.47. The van der Waals surface area contributed by atoms with Crippen molar-refractivity contribution in [3.63, 3.8) is 0 Å². The third-order valence-corrected chi connectivity index (χ3v) is 6.50. The molecule has 8 heteroatoms. The van der Waals surface area contributed by atoms with E-state index in [0.29, 0.717) is 33.3 Å². The standard InChI is InChI=1S/C28H18BrClN4O2/c1-36-22-11-7-18(8-12-22)27-25(16-34(33-27)21-4-2-3-20(30)13-21)23-14-26(32-28(35)24(23)15-31)17-5-9-19(29)10-6-17/h2-14,16H,1H3,(H,32,35). The van der Waals surface area contributed by atoms with Gasteiger partial charge in [-0.05, 0) is 66.2 Å². The molecule has 0 saturated heterocycles. The predicted molar refractivity (Wildman–Crippen MR) is 144 cm³/mol. The second-order valence-corrected chi connectivity index (χ2v) is 9.32. The number of H-pyrrole nitrogens is 1. The first-order valence-corrected chi connectivity index (χ1v) is 12.1. The number of nitrogens with zero attached hydrogens (tertiary/aromatic N) is 3. The fourth-order valence-corrected chi connectivity index (χ4v) is 4.40. The van der Waals surface area contributed by atoms with Crippen molar-refractivity contribution in [1.82, 2.24) is 14.8 Å². The number of rotatable bonds is 5. The Bertz CT molecular complexity index is 1670. The van der Waals surface area contributed by atoms with Gasteiger partial charge in [-0.2, -0.15) is 10.4 Å². The van der Waals surface area contributed by atoms with Gasteiger partial charge >= 0.3 is 0 Å². The highest BCUT2D eigenvalue weighted by Crippen LogP contribution is 2.35. The summed E-state index contributed by atoms with van der Waals surface area (Å²) in [5.41, 5.74) is 4.24. The summed E-state index contributed by atoms with van der Waals surface area (Å²) in [4.78, 5) is 15.8. The smallest absolute Gasteiger partial charge is 0.266 e. The Morgan fingerprint density at radius 2 is 1.72 bits per heavy atom. The lowest BCUT2D eigenvalue weighted by Gasteiger charge is -2.09. The van der Waals surface area contributed by atoms with E-state index < -0.39 is 5.56 Å². The van der Waals surface area contributed by atoms with Crippen LogP contribution in [0.15, 0.2) is 94.3 Å². The van der Waals surface area contributed by atoms with E-state index in [9.17, 15) is 10.1 Å². The van der Waals surface area contributed by atoms with Crippen LogP contribution in [0, 0.1) is 11.3 Å². The molecule has 0 aliphatic heterocycles. The number of aromatic nitrogens is 3. The number of methoxy groups -OCH3 is 1. The summed E-state index contributed by atoms with van der Waals surface area (Å²) in [7, 11) is 1.60. The molecule has 0 aliphatic rings. The van der Waals surface area contributed by atoms with Crippen molar-refractivity contribution < 1.29 is 4.74 Å². The molecule has 0 spiro atoms. The number of nitrogens with one attached hydrogen (secondary N) is 1. The summed E-state index contributed by atoms with van der Waals surface area (Å²) >= 11 is 9.67. The maximum atomic E-state index is 13.0. The molecule has 0 amide bonds. The summed E-state index contributed by atoms with van der Waals surface area (Å²) in [5, 5.41) is 15.3. The van der Waals surface area contributed by atoms with Crippen LogP contribution in [0.1, 0.15) is 5.56 Å². The van der Waals surface area contributed by atoms with Crippen molar-refractivity contribution in [3.05, 3.63) is 110 Å². The van der Waals surface area contributed by atoms with Crippen molar-refractivity contribution >= 4 is 27.5 Å². The van der Waals surface area contributed by atoms with Crippen LogP contribution in [0.4, 0.5) is 0 Å². The van der Waals surface area contributed by atoms with E-state index in [2.05, 4.69) is 27.0 Å². The van der Waals surface area contributed by atoms with Crippen LogP contribution in [0.25, 0.3) is 39.3 Å². The van der Waals surface area contributed by atoms with Crippen molar-refractivity contribution in [3.8, 4) is 51.1 Å². The topological polar surface area (TPSA) is 83.7 Å². The molecular weight excluding hydrogens is 540 g/mol. The average Bonchev–Trinajstić information content (AvgIpc) is 3.34. The number of ether oxygens (including phenoxy) is 1. The molecule has 0 saturated carbocycles. The van der Waals surface area contributed by atoms with Gasteiger partial charge in [0.2, 0.25) is 0 Å². The van der Waals surface area contributed by atoms with E-state index in [1.165, 1.54) is 0 Å². The van der Waals surface area contributed by atoms with E-state index in [1.54, 1.807) is 23.9 Å².